The minimum Gasteiger partial charge on any atom is -0.394 e. The number of aliphatic hydroxyl groups excluding tert-OH is 1. The van der Waals surface area contributed by atoms with Gasteiger partial charge in [0, 0.05) is 0 Å². The number of halogens is 4. The number of nitrogens with two attached hydrogens (primary N) is 1. The topological polar surface area (TPSA) is 46.2 Å². The highest BCUT2D eigenvalue weighted by molar-refractivity contribution is 5.85. The fourth-order valence-electron chi connectivity index (χ4n) is 0.803. The summed E-state index contributed by atoms with van der Waals surface area (Å²) in [6.45, 7) is 0.727. The lowest BCUT2D eigenvalue weighted by molar-refractivity contribution is -0.197. The number of unbranched alkanes of at least 4 members (excludes halogenated alkanes) is 1. The van der Waals surface area contributed by atoms with Gasteiger partial charge in [-0.05, 0) is 6.42 Å². The first kappa shape index (κ1) is 15.5. The van der Waals surface area contributed by atoms with Gasteiger partial charge in [-0.1, -0.05) is 19.8 Å². The van der Waals surface area contributed by atoms with E-state index in [4.69, 9.17) is 10.8 Å². The van der Waals surface area contributed by atoms with Crippen molar-refractivity contribution in [3.63, 3.8) is 0 Å². The number of alkyl halides is 3. The van der Waals surface area contributed by atoms with Crippen LogP contribution in [-0.2, 0) is 0 Å². The molecule has 0 unspecified atom stereocenters. The third-order valence-corrected chi connectivity index (χ3v) is 1.82. The first-order valence-corrected chi connectivity index (χ1v) is 3.84. The molecule has 0 saturated carbocycles. The third-order valence-electron chi connectivity index (χ3n) is 1.82. The van der Waals surface area contributed by atoms with Crippen molar-refractivity contribution in [1.29, 1.82) is 0 Å². The van der Waals surface area contributed by atoms with Crippen LogP contribution in [0.15, 0.2) is 0 Å². The molecule has 3 N–H and O–H groups in total. The number of rotatable bonds is 4. The van der Waals surface area contributed by atoms with Crippen LogP contribution < -0.4 is 5.73 Å². The Bertz CT molecular complexity index is 142. The van der Waals surface area contributed by atoms with Crippen molar-refractivity contribution in [2.45, 2.75) is 37.9 Å². The van der Waals surface area contributed by atoms with E-state index in [1.54, 1.807) is 6.92 Å². The highest BCUT2D eigenvalue weighted by Gasteiger charge is 2.50. The summed E-state index contributed by atoms with van der Waals surface area (Å²) in [5, 5.41) is 8.50. The third kappa shape index (κ3) is 4.15. The zero-order chi connectivity index (χ0) is 9.83. The minimum atomic E-state index is -4.52. The van der Waals surface area contributed by atoms with Crippen LogP contribution >= 0.6 is 12.4 Å². The summed E-state index contributed by atoms with van der Waals surface area (Å²) >= 11 is 0. The van der Waals surface area contributed by atoms with E-state index in [0.717, 1.165) is 0 Å². The van der Waals surface area contributed by atoms with Gasteiger partial charge < -0.3 is 10.8 Å². The molecule has 6 heteroatoms. The van der Waals surface area contributed by atoms with Crippen molar-refractivity contribution in [2.75, 3.05) is 6.61 Å². The van der Waals surface area contributed by atoms with Crippen molar-refractivity contribution in [1.82, 2.24) is 0 Å². The Kier molecular flexibility index (Phi) is 6.75. The maximum absolute atomic E-state index is 12.1. The molecule has 1 atom stereocenters. The van der Waals surface area contributed by atoms with Crippen LogP contribution in [0.4, 0.5) is 13.2 Å². The maximum Gasteiger partial charge on any atom is 0.408 e. The second-order valence-corrected chi connectivity index (χ2v) is 2.92. The fraction of sp³-hybridized carbons (Fsp3) is 1.00. The van der Waals surface area contributed by atoms with E-state index in [1.165, 1.54) is 0 Å². The number of hydrogen-bond donors (Lipinski definition) is 2. The van der Waals surface area contributed by atoms with Crippen molar-refractivity contribution in [2.24, 2.45) is 5.73 Å². The maximum atomic E-state index is 12.1. The number of aliphatic hydroxyl groups is 1. The molecule has 0 aromatic carbocycles. The zero-order valence-electron chi connectivity index (χ0n) is 7.40. The minimum absolute atomic E-state index is 0. The molecule has 0 spiro atoms. The lowest BCUT2D eigenvalue weighted by Gasteiger charge is -2.29. The van der Waals surface area contributed by atoms with Gasteiger partial charge in [-0.25, -0.2) is 0 Å². The average Bonchev–Trinajstić information content (AvgIpc) is 1.98. The zero-order valence-corrected chi connectivity index (χ0v) is 8.21. The predicted molar refractivity (Wildman–Crippen MR) is 46.8 cm³/mol. The van der Waals surface area contributed by atoms with Crippen molar-refractivity contribution in [3.8, 4) is 0 Å². The van der Waals surface area contributed by atoms with E-state index < -0.39 is 18.3 Å². The van der Waals surface area contributed by atoms with E-state index in [9.17, 15) is 13.2 Å². The smallest absolute Gasteiger partial charge is 0.394 e. The van der Waals surface area contributed by atoms with Crippen LogP contribution in [0.3, 0.4) is 0 Å². The van der Waals surface area contributed by atoms with Gasteiger partial charge in [0.1, 0.15) is 5.54 Å². The Labute approximate surface area is 81.7 Å². The highest BCUT2D eigenvalue weighted by atomic mass is 35.5. The summed E-state index contributed by atoms with van der Waals surface area (Å²) in [7, 11) is 0. The molecule has 0 heterocycles. The van der Waals surface area contributed by atoms with Crippen molar-refractivity contribution < 1.29 is 18.3 Å². The van der Waals surface area contributed by atoms with Gasteiger partial charge in [0.25, 0.3) is 0 Å². The van der Waals surface area contributed by atoms with E-state index in [-0.39, 0.29) is 18.8 Å². The molecule has 0 amide bonds. The van der Waals surface area contributed by atoms with Gasteiger partial charge in [-0.2, -0.15) is 13.2 Å². The Morgan fingerprint density at radius 3 is 2.00 bits per heavy atom. The molecular formula is C7H15ClF3NO. The normalized spacial score (nSPS) is 16.2. The van der Waals surface area contributed by atoms with Crippen molar-refractivity contribution >= 4 is 12.4 Å². The van der Waals surface area contributed by atoms with Crippen molar-refractivity contribution in [3.05, 3.63) is 0 Å². The molecular weight excluding hydrogens is 207 g/mol. The first-order valence-electron chi connectivity index (χ1n) is 3.84. The summed E-state index contributed by atoms with van der Waals surface area (Å²) in [6.07, 6.45) is -3.73. The second-order valence-electron chi connectivity index (χ2n) is 2.92. The Morgan fingerprint density at radius 2 is 1.77 bits per heavy atom. The molecule has 0 aliphatic carbocycles. The quantitative estimate of drug-likeness (QED) is 0.761. The van der Waals surface area contributed by atoms with E-state index in [0.29, 0.717) is 12.8 Å². The molecule has 2 nitrogen and oxygen atoms in total. The molecule has 0 radical (unpaired) electrons. The monoisotopic (exact) mass is 221 g/mol. The standard InChI is InChI=1S/C7H14F3NO.ClH/c1-2-3-4-6(11,5-12)7(8,9)10;/h12H,2-5,11H2,1H3;1H/t6-;/m1./s1. The van der Waals surface area contributed by atoms with Gasteiger partial charge in [0.2, 0.25) is 0 Å². The first-order chi connectivity index (χ1) is 5.37. The van der Waals surface area contributed by atoms with E-state index in [2.05, 4.69) is 0 Å². The summed E-state index contributed by atoms with van der Waals surface area (Å²) in [5.41, 5.74) is 2.57. The highest BCUT2D eigenvalue weighted by Crippen LogP contribution is 2.31. The van der Waals surface area contributed by atoms with Gasteiger partial charge in [-0.15, -0.1) is 12.4 Å². The van der Waals surface area contributed by atoms with Crippen LogP contribution in [0.5, 0.6) is 0 Å². The van der Waals surface area contributed by atoms with Gasteiger partial charge in [0.15, 0.2) is 0 Å². The molecule has 0 aliphatic rings. The molecule has 82 valence electrons. The fourth-order valence-corrected chi connectivity index (χ4v) is 0.803. The second kappa shape index (κ2) is 5.67. The van der Waals surface area contributed by atoms with Gasteiger partial charge >= 0.3 is 6.18 Å². The van der Waals surface area contributed by atoms with Crippen LogP contribution in [0.2, 0.25) is 0 Å². The summed E-state index contributed by atoms with van der Waals surface area (Å²) in [5.74, 6) is 0. The lowest BCUT2D eigenvalue weighted by Crippen LogP contribution is -2.56. The molecule has 0 rings (SSSR count). The van der Waals surface area contributed by atoms with Gasteiger partial charge in [-0.3, -0.25) is 0 Å². The van der Waals surface area contributed by atoms with Crippen LogP contribution in [0.25, 0.3) is 0 Å². The largest absolute Gasteiger partial charge is 0.408 e. The van der Waals surface area contributed by atoms with Crippen LogP contribution in [0, 0.1) is 0 Å². The molecule has 0 saturated heterocycles. The molecule has 0 aromatic rings. The predicted octanol–water partition coefficient (Wildman–Crippen LogP) is 1.85. The average molecular weight is 222 g/mol. The van der Waals surface area contributed by atoms with Crippen LogP contribution in [-0.4, -0.2) is 23.4 Å². The van der Waals surface area contributed by atoms with E-state index >= 15 is 0 Å². The molecule has 0 bridgehead atoms. The SMILES string of the molecule is CCCC[C@@](N)(CO)C(F)(F)F.Cl. The summed E-state index contributed by atoms with van der Waals surface area (Å²) < 4.78 is 36.4. The molecule has 13 heavy (non-hydrogen) atoms. The Hall–Kier alpha value is -0.0000000000000000555. The van der Waals surface area contributed by atoms with Gasteiger partial charge in [0.05, 0.1) is 6.61 Å². The molecule has 0 aliphatic heterocycles. The number of hydrogen-bond acceptors (Lipinski definition) is 2. The summed E-state index contributed by atoms with van der Waals surface area (Å²) in [4.78, 5) is 0. The lowest BCUT2D eigenvalue weighted by atomic mass is 9.94. The Balaban J connectivity index is 0. The molecule has 0 aromatic heterocycles. The summed E-state index contributed by atoms with van der Waals surface area (Å²) in [6, 6.07) is 0. The van der Waals surface area contributed by atoms with Crippen LogP contribution in [0.1, 0.15) is 26.2 Å². The van der Waals surface area contributed by atoms with E-state index in [1.807, 2.05) is 0 Å². The molecule has 0 fully saturated rings. The Morgan fingerprint density at radius 1 is 1.31 bits per heavy atom.